The first kappa shape index (κ1) is 45.4. The van der Waals surface area contributed by atoms with E-state index in [1.54, 1.807) is 6.08 Å². The maximum atomic E-state index is 5.45. The van der Waals surface area contributed by atoms with Gasteiger partial charge in [-0.05, 0) is 136 Å². The molecule has 2 heterocycles. The van der Waals surface area contributed by atoms with Crippen molar-refractivity contribution in [3.8, 4) is 29.7 Å². The zero-order valence-corrected chi connectivity index (χ0v) is 37.2. The molecule has 0 fully saturated rings. The first-order valence-corrected chi connectivity index (χ1v) is 21.6. The molecule has 0 aliphatic rings. The molecule has 0 spiro atoms. The standard InChI is InChI=1S/C58H54N4.C2H2/c1-5-8-11-17-23-40-60-54(27-19-15-13-14-16-22-39-59)46-30-34-49(35-31-46)62-57-36-29-45(25-18-12-9-6-2)41-51(57)53-43-48(33-38-58(53)62)47-32-37-56-52(42-47)50-26-20-21-28-55(50)61(56)44(4)24-10-7-3;1-2/h5-24,26-43H,25,59H2,1-4H3;1-2H/b8-5+,9-6-,10-7-,15-13+,16-14-,17-11-,18-12-,27-19+,39-22-,40-23-,44-24+,60-54+;. The number of aromatic nitrogens is 2. The highest BCUT2D eigenvalue weighted by Gasteiger charge is 2.16. The molecule has 0 radical (unpaired) electrons. The van der Waals surface area contributed by atoms with Crippen LogP contribution < -0.4 is 5.73 Å². The molecule has 2 aromatic heterocycles. The normalized spacial score (nSPS) is 13.4. The topological polar surface area (TPSA) is 48.2 Å². The van der Waals surface area contributed by atoms with Crippen molar-refractivity contribution in [3.05, 3.63) is 242 Å². The molecule has 0 amide bonds. The molecule has 5 aromatic carbocycles. The van der Waals surface area contributed by atoms with Crippen LogP contribution in [0.4, 0.5) is 0 Å². The average Bonchev–Trinajstić information content (AvgIpc) is 3.84. The molecule has 7 rings (SSSR count). The van der Waals surface area contributed by atoms with Crippen LogP contribution in [0.25, 0.3) is 66.1 Å². The lowest BCUT2D eigenvalue weighted by Gasteiger charge is -2.10. The monoisotopic (exact) mass is 832 g/mol. The summed E-state index contributed by atoms with van der Waals surface area (Å²) in [4.78, 5) is 4.84. The van der Waals surface area contributed by atoms with Crippen LogP contribution in [0.2, 0.25) is 0 Å². The molecule has 2 N–H and O–H groups in total. The maximum absolute atomic E-state index is 5.45. The molecule has 316 valence electrons. The molecule has 0 saturated heterocycles. The van der Waals surface area contributed by atoms with E-state index in [0.717, 1.165) is 28.9 Å². The maximum Gasteiger partial charge on any atom is 0.0701 e. The van der Waals surface area contributed by atoms with Crippen molar-refractivity contribution in [1.29, 1.82) is 0 Å². The van der Waals surface area contributed by atoms with Gasteiger partial charge in [-0.1, -0.05) is 140 Å². The van der Waals surface area contributed by atoms with E-state index in [1.165, 1.54) is 66.7 Å². The van der Waals surface area contributed by atoms with E-state index in [4.69, 9.17) is 10.7 Å². The van der Waals surface area contributed by atoms with Gasteiger partial charge in [0.1, 0.15) is 0 Å². The van der Waals surface area contributed by atoms with E-state index in [2.05, 4.69) is 181 Å². The molecule has 7 aromatic rings. The Labute approximate surface area is 379 Å². The minimum atomic E-state index is 0.856. The summed E-state index contributed by atoms with van der Waals surface area (Å²) in [5.41, 5.74) is 18.0. The van der Waals surface area contributed by atoms with Crippen molar-refractivity contribution in [1.82, 2.24) is 9.13 Å². The van der Waals surface area contributed by atoms with Gasteiger partial charge < -0.3 is 14.9 Å². The van der Waals surface area contributed by atoms with E-state index in [1.807, 2.05) is 86.9 Å². The second-order valence-electron chi connectivity index (χ2n) is 14.8. The number of nitrogens with zero attached hydrogens (tertiary/aromatic N) is 3. The van der Waals surface area contributed by atoms with Gasteiger partial charge >= 0.3 is 0 Å². The molecule has 0 aliphatic carbocycles. The Morgan fingerprint density at radius 1 is 0.562 bits per heavy atom. The van der Waals surface area contributed by atoms with E-state index >= 15 is 0 Å². The smallest absolute Gasteiger partial charge is 0.0701 e. The Bertz CT molecular complexity index is 3110. The number of rotatable bonds is 15. The third kappa shape index (κ3) is 10.7. The molecule has 4 nitrogen and oxygen atoms in total. The molecule has 0 bridgehead atoms. The summed E-state index contributed by atoms with van der Waals surface area (Å²) < 4.78 is 4.75. The van der Waals surface area contributed by atoms with E-state index in [-0.39, 0.29) is 0 Å². The zero-order valence-electron chi connectivity index (χ0n) is 37.2. The van der Waals surface area contributed by atoms with E-state index in [9.17, 15) is 0 Å². The zero-order chi connectivity index (χ0) is 45.1. The van der Waals surface area contributed by atoms with Crippen molar-refractivity contribution in [2.75, 3.05) is 0 Å². The van der Waals surface area contributed by atoms with Crippen LogP contribution in [0.15, 0.2) is 236 Å². The number of nitrogens with two attached hydrogens (primary N) is 1. The molecular weight excluding hydrogens is 777 g/mol. The Morgan fingerprint density at radius 3 is 1.86 bits per heavy atom. The van der Waals surface area contributed by atoms with Gasteiger partial charge in [-0.25, -0.2) is 0 Å². The lowest BCUT2D eigenvalue weighted by molar-refractivity contribution is 1.17. The predicted molar refractivity (Wildman–Crippen MR) is 282 cm³/mol. The van der Waals surface area contributed by atoms with Crippen molar-refractivity contribution >= 4 is 55.0 Å². The van der Waals surface area contributed by atoms with Crippen LogP contribution in [0.3, 0.4) is 0 Å². The van der Waals surface area contributed by atoms with Crippen LogP contribution in [0.1, 0.15) is 38.8 Å². The summed E-state index contributed by atoms with van der Waals surface area (Å²) in [6, 6.07) is 38.2. The van der Waals surface area contributed by atoms with Crippen molar-refractivity contribution in [3.63, 3.8) is 0 Å². The van der Waals surface area contributed by atoms with Crippen molar-refractivity contribution in [2.24, 2.45) is 10.7 Å². The van der Waals surface area contributed by atoms with Gasteiger partial charge in [0, 0.05) is 44.7 Å². The van der Waals surface area contributed by atoms with Crippen molar-refractivity contribution in [2.45, 2.75) is 34.1 Å². The molecule has 0 saturated carbocycles. The summed E-state index contributed by atoms with van der Waals surface area (Å²) in [7, 11) is 0. The quantitative estimate of drug-likeness (QED) is 0.0624. The highest BCUT2D eigenvalue weighted by atomic mass is 15.0. The van der Waals surface area contributed by atoms with Gasteiger partial charge in [0.2, 0.25) is 0 Å². The minimum absolute atomic E-state index is 0.856. The number of benzene rings is 5. The summed E-state index contributed by atoms with van der Waals surface area (Å²) in [5, 5.41) is 4.95. The Balaban J connectivity index is 0.00000335. The molecule has 64 heavy (non-hydrogen) atoms. The second kappa shape index (κ2) is 23.2. The van der Waals surface area contributed by atoms with Crippen LogP contribution >= 0.6 is 0 Å². The number of aliphatic imine (C=N–C) groups is 1. The fourth-order valence-electron chi connectivity index (χ4n) is 7.77. The Kier molecular flexibility index (Phi) is 16.4. The average molecular weight is 833 g/mol. The number of allylic oxidation sites excluding steroid dienone is 20. The molecule has 0 unspecified atom stereocenters. The van der Waals surface area contributed by atoms with Gasteiger partial charge in [-0.2, -0.15) is 0 Å². The molecule has 0 aliphatic heterocycles. The fourth-order valence-corrected chi connectivity index (χ4v) is 7.77. The number of hydrogen-bond acceptors (Lipinski definition) is 2. The SMILES string of the molecule is C#C.C/C=C\C=C/Cc1ccc2c(c1)c1cc(-c3ccc4c(c3)c3ccccc3n4/C(C)=C/C=C\C)ccc1n2-c1ccc(C(/C=C/C=C/C=C\C=C/N)=N/C=C\C=C/C=C/C)cc1. The van der Waals surface area contributed by atoms with E-state index in [0.29, 0.717) is 0 Å². The van der Waals surface area contributed by atoms with Crippen LogP contribution in [0.5, 0.6) is 0 Å². The largest absolute Gasteiger partial charge is 0.405 e. The van der Waals surface area contributed by atoms with Gasteiger partial charge in [0.25, 0.3) is 0 Å². The van der Waals surface area contributed by atoms with Crippen LogP contribution in [0, 0.1) is 12.8 Å². The minimum Gasteiger partial charge on any atom is -0.405 e. The predicted octanol–water partition coefficient (Wildman–Crippen LogP) is 15.5. The lowest BCUT2D eigenvalue weighted by Crippen LogP contribution is -1.99. The first-order chi connectivity index (χ1) is 31.6. The Morgan fingerprint density at radius 2 is 1.14 bits per heavy atom. The van der Waals surface area contributed by atoms with Crippen LogP contribution in [-0.2, 0) is 6.42 Å². The van der Waals surface area contributed by atoms with Gasteiger partial charge in [0.15, 0.2) is 0 Å². The third-order valence-electron chi connectivity index (χ3n) is 10.7. The Hall–Kier alpha value is -8.13. The van der Waals surface area contributed by atoms with Gasteiger partial charge in [0.05, 0.1) is 27.8 Å². The number of para-hydroxylation sites is 1. The van der Waals surface area contributed by atoms with E-state index < -0.39 is 0 Å². The second-order valence-corrected chi connectivity index (χ2v) is 14.8. The number of fused-ring (bicyclic) bond motifs is 6. The summed E-state index contributed by atoms with van der Waals surface area (Å²) in [6.07, 6.45) is 50.5. The summed E-state index contributed by atoms with van der Waals surface area (Å²) in [6.45, 7) is 8.27. The molecule has 0 atom stereocenters. The number of terminal acetylenes is 1. The van der Waals surface area contributed by atoms with Gasteiger partial charge in [-0.3, -0.25) is 4.99 Å². The van der Waals surface area contributed by atoms with Crippen LogP contribution in [-0.4, -0.2) is 14.8 Å². The third-order valence-corrected chi connectivity index (χ3v) is 10.7. The molecule has 4 heteroatoms. The highest BCUT2D eigenvalue weighted by Crippen LogP contribution is 2.38. The molecular formula is C60H56N4. The number of hydrogen-bond donors (Lipinski definition) is 1. The van der Waals surface area contributed by atoms with Crippen molar-refractivity contribution < 1.29 is 0 Å². The fraction of sp³-hybridized carbons (Fsp3) is 0.0833. The highest BCUT2D eigenvalue weighted by molar-refractivity contribution is 6.13. The summed E-state index contributed by atoms with van der Waals surface area (Å²) in [5.74, 6) is 0. The van der Waals surface area contributed by atoms with Gasteiger partial charge in [-0.15, -0.1) is 12.8 Å². The first-order valence-electron chi connectivity index (χ1n) is 21.6. The summed E-state index contributed by atoms with van der Waals surface area (Å²) >= 11 is 0. The lowest BCUT2D eigenvalue weighted by atomic mass is 10.00.